The Bertz CT molecular complexity index is 189. The molecule has 0 aromatic heterocycles. The van der Waals surface area contributed by atoms with Crippen molar-refractivity contribution in [2.24, 2.45) is 0 Å². The van der Waals surface area contributed by atoms with Crippen LogP contribution in [0.3, 0.4) is 0 Å². The summed E-state index contributed by atoms with van der Waals surface area (Å²) in [5.41, 5.74) is 0. The average molecular weight is 227 g/mol. The normalized spacial score (nSPS) is 11.0. The van der Waals surface area contributed by atoms with Crippen molar-refractivity contribution < 1.29 is 4.74 Å². The van der Waals surface area contributed by atoms with Gasteiger partial charge in [-0.2, -0.15) is 5.26 Å². The predicted molar refractivity (Wildman–Crippen MR) is 66.3 cm³/mol. The maximum absolute atomic E-state index is 8.56. The molecule has 0 heterocycles. The van der Waals surface area contributed by atoms with Gasteiger partial charge < -0.3 is 10.1 Å². The predicted octanol–water partition coefficient (Wildman–Crippen LogP) is 1.24. The van der Waals surface area contributed by atoms with Crippen molar-refractivity contribution in [3.05, 3.63) is 0 Å². The van der Waals surface area contributed by atoms with Crippen LogP contribution in [0.5, 0.6) is 0 Å². The zero-order valence-corrected chi connectivity index (χ0v) is 10.8. The highest BCUT2D eigenvalue weighted by Crippen LogP contribution is 1.94. The topological polar surface area (TPSA) is 48.3 Å². The van der Waals surface area contributed by atoms with Gasteiger partial charge >= 0.3 is 0 Å². The standard InChI is InChI=1S/C12H25N3O/c1-12(2)14-7-5-9-15(8-4-6-13)10-11-16-3/h12,14H,4-5,7-11H2,1-3H3. The van der Waals surface area contributed by atoms with E-state index in [1.165, 1.54) is 0 Å². The second-order valence-electron chi connectivity index (χ2n) is 4.20. The molecule has 0 spiro atoms. The first-order chi connectivity index (χ1) is 7.70. The van der Waals surface area contributed by atoms with Gasteiger partial charge in [-0.25, -0.2) is 0 Å². The van der Waals surface area contributed by atoms with Crippen LogP contribution in [0.1, 0.15) is 26.7 Å². The summed E-state index contributed by atoms with van der Waals surface area (Å²) in [4.78, 5) is 2.29. The molecule has 16 heavy (non-hydrogen) atoms. The minimum Gasteiger partial charge on any atom is -0.383 e. The SMILES string of the molecule is COCCN(CCC#N)CCCNC(C)C. The Labute approximate surface area is 99.6 Å². The molecule has 0 aromatic carbocycles. The third-order valence-electron chi connectivity index (χ3n) is 2.36. The number of nitriles is 1. The van der Waals surface area contributed by atoms with Gasteiger partial charge in [0, 0.05) is 32.7 Å². The van der Waals surface area contributed by atoms with Crippen LogP contribution in [0, 0.1) is 11.3 Å². The summed E-state index contributed by atoms with van der Waals surface area (Å²) in [7, 11) is 1.71. The number of ether oxygens (including phenoxy) is 1. The number of methoxy groups -OCH3 is 1. The zero-order chi connectivity index (χ0) is 12.2. The smallest absolute Gasteiger partial charge is 0.0635 e. The Morgan fingerprint density at radius 3 is 2.62 bits per heavy atom. The highest BCUT2D eigenvalue weighted by atomic mass is 16.5. The largest absolute Gasteiger partial charge is 0.383 e. The molecule has 94 valence electrons. The van der Waals surface area contributed by atoms with Crippen LogP contribution in [0.2, 0.25) is 0 Å². The number of hydrogen-bond donors (Lipinski definition) is 1. The lowest BCUT2D eigenvalue weighted by Gasteiger charge is -2.21. The summed E-state index contributed by atoms with van der Waals surface area (Å²) >= 11 is 0. The van der Waals surface area contributed by atoms with Crippen LogP contribution in [0.15, 0.2) is 0 Å². The molecule has 0 aliphatic carbocycles. The zero-order valence-electron chi connectivity index (χ0n) is 10.8. The van der Waals surface area contributed by atoms with Crippen LogP contribution >= 0.6 is 0 Å². The fourth-order valence-electron chi connectivity index (χ4n) is 1.46. The Kier molecular flexibility index (Phi) is 10.4. The average Bonchev–Trinajstić information content (AvgIpc) is 2.26. The molecule has 0 amide bonds. The first-order valence-electron chi connectivity index (χ1n) is 6.02. The minimum absolute atomic E-state index is 0.548. The molecule has 0 aromatic rings. The fraction of sp³-hybridized carbons (Fsp3) is 0.917. The van der Waals surface area contributed by atoms with E-state index in [1.807, 2.05) is 0 Å². The summed E-state index contributed by atoms with van der Waals surface area (Å²) in [5.74, 6) is 0. The molecule has 4 heteroatoms. The molecular formula is C12H25N3O. The van der Waals surface area contributed by atoms with Crippen molar-refractivity contribution in [2.45, 2.75) is 32.7 Å². The van der Waals surface area contributed by atoms with Crippen molar-refractivity contribution in [1.29, 1.82) is 5.26 Å². The van der Waals surface area contributed by atoms with E-state index >= 15 is 0 Å². The Hall–Kier alpha value is -0.630. The van der Waals surface area contributed by atoms with Gasteiger partial charge in [0.1, 0.15) is 0 Å². The molecule has 1 N–H and O–H groups in total. The Morgan fingerprint density at radius 1 is 1.31 bits per heavy atom. The quantitative estimate of drug-likeness (QED) is 0.570. The molecule has 0 bridgehead atoms. The van der Waals surface area contributed by atoms with E-state index in [0.717, 1.165) is 39.2 Å². The minimum atomic E-state index is 0.548. The lowest BCUT2D eigenvalue weighted by atomic mass is 10.3. The molecule has 0 fully saturated rings. The molecule has 0 radical (unpaired) electrons. The van der Waals surface area contributed by atoms with Gasteiger partial charge in [-0.05, 0) is 19.5 Å². The lowest BCUT2D eigenvalue weighted by molar-refractivity contribution is 0.148. The van der Waals surface area contributed by atoms with E-state index in [-0.39, 0.29) is 0 Å². The van der Waals surface area contributed by atoms with E-state index in [9.17, 15) is 0 Å². The third kappa shape index (κ3) is 9.91. The van der Waals surface area contributed by atoms with Gasteiger partial charge in [0.05, 0.1) is 12.7 Å². The van der Waals surface area contributed by atoms with Crippen molar-refractivity contribution in [1.82, 2.24) is 10.2 Å². The Balaban J connectivity index is 3.60. The summed E-state index contributed by atoms with van der Waals surface area (Å²) in [5, 5.41) is 12.0. The van der Waals surface area contributed by atoms with Crippen molar-refractivity contribution in [3.8, 4) is 6.07 Å². The molecular weight excluding hydrogens is 202 g/mol. The molecule has 0 saturated carbocycles. The summed E-state index contributed by atoms with van der Waals surface area (Å²) < 4.78 is 5.06. The number of hydrogen-bond acceptors (Lipinski definition) is 4. The molecule has 0 aliphatic heterocycles. The summed E-state index contributed by atoms with van der Waals surface area (Å²) in [6.07, 6.45) is 1.72. The number of nitrogens with one attached hydrogen (secondary N) is 1. The van der Waals surface area contributed by atoms with Gasteiger partial charge in [-0.15, -0.1) is 0 Å². The van der Waals surface area contributed by atoms with Gasteiger partial charge in [-0.3, -0.25) is 4.90 Å². The lowest BCUT2D eigenvalue weighted by Crippen LogP contribution is -2.32. The van der Waals surface area contributed by atoms with Crippen LogP contribution in [-0.2, 0) is 4.74 Å². The van der Waals surface area contributed by atoms with E-state index < -0.39 is 0 Å². The van der Waals surface area contributed by atoms with Gasteiger partial charge in [0.15, 0.2) is 0 Å². The van der Waals surface area contributed by atoms with Gasteiger partial charge in [-0.1, -0.05) is 13.8 Å². The highest BCUT2D eigenvalue weighted by molar-refractivity contribution is 4.72. The van der Waals surface area contributed by atoms with Crippen molar-refractivity contribution >= 4 is 0 Å². The maximum Gasteiger partial charge on any atom is 0.0635 e. The van der Waals surface area contributed by atoms with Crippen molar-refractivity contribution in [3.63, 3.8) is 0 Å². The van der Waals surface area contributed by atoms with Crippen LogP contribution in [0.25, 0.3) is 0 Å². The summed E-state index contributed by atoms with van der Waals surface area (Å²) in [6.45, 7) is 8.87. The Morgan fingerprint density at radius 2 is 2.06 bits per heavy atom. The highest BCUT2D eigenvalue weighted by Gasteiger charge is 2.03. The molecule has 0 aliphatic rings. The van der Waals surface area contributed by atoms with E-state index in [0.29, 0.717) is 12.5 Å². The molecule has 4 nitrogen and oxygen atoms in total. The molecule has 0 saturated heterocycles. The first-order valence-corrected chi connectivity index (χ1v) is 6.02. The van der Waals surface area contributed by atoms with Crippen LogP contribution in [-0.4, -0.2) is 50.8 Å². The van der Waals surface area contributed by atoms with E-state index in [4.69, 9.17) is 10.00 Å². The maximum atomic E-state index is 8.56. The van der Waals surface area contributed by atoms with Crippen LogP contribution in [0.4, 0.5) is 0 Å². The van der Waals surface area contributed by atoms with E-state index in [1.54, 1.807) is 7.11 Å². The second-order valence-corrected chi connectivity index (χ2v) is 4.20. The molecule has 0 unspecified atom stereocenters. The fourth-order valence-corrected chi connectivity index (χ4v) is 1.46. The number of nitrogens with zero attached hydrogens (tertiary/aromatic N) is 2. The monoisotopic (exact) mass is 227 g/mol. The van der Waals surface area contributed by atoms with Crippen molar-refractivity contribution in [2.75, 3.05) is 39.9 Å². The summed E-state index contributed by atoms with van der Waals surface area (Å²) in [6, 6.07) is 2.73. The van der Waals surface area contributed by atoms with Crippen LogP contribution < -0.4 is 5.32 Å². The first kappa shape index (κ1) is 15.4. The molecule has 0 rings (SSSR count). The third-order valence-corrected chi connectivity index (χ3v) is 2.36. The van der Waals surface area contributed by atoms with Gasteiger partial charge in [0.2, 0.25) is 0 Å². The second kappa shape index (κ2) is 10.9. The van der Waals surface area contributed by atoms with E-state index in [2.05, 4.69) is 30.1 Å². The molecule has 0 atom stereocenters. The number of rotatable bonds is 10. The van der Waals surface area contributed by atoms with Gasteiger partial charge in [0.25, 0.3) is 0 Å².